The Labute approximate surface area is 333 Å². The molecule has 4 rings (SSSR count). The predicted molar refractivity (Wildman–Crippen MR) is 212 cm³/mol. The Kier molecular flexibility index (Phi) is 15.9. The Morgan fingerprint density at radius 3 is 2.27 bits per heavy atom. The fraction of sp³-hybridized carbons (Fsp3) is 0.762. The lowest BCUT2D eigenvalue weighted by molar-refractivity contribution is -0.299. The van der Waals surface area contributed by atoms with Crippen LogP contribution in [0.5, 0.6) is 0 Å². The number of nitrogens with zero attached hydrogens (tertiary/aromatic N) is 3. The molecule has 5 N–H and O–H groups in total. The minimum absolute atomic E-state index is 0.118. The first-order valence-corrected chi connectivity index (χ1v) is 20.5. The highest BCUT2D eigenvalue weighted by Crippen LogP contribution is 2.36. The molecule has 0 radical (unpaired) electrons. The molecule has 3 fully saturated rings. The van der Waals surface area contributed by atoms with Gasteiger partial charge >= 0.3 is 0 Å². The number of nitrogens with one attached hydrogen (secondary N) is 2. The molecule has 0 aromatic heterocycles. The molecule has 3 aliphatic heterocycles. The third-order valence-corrected chi connectivity index (χ3v) is 12.1. The number of hydrogen-bond donors (Lipinski definition) is 5. The maximum atomic E-state index is 14.2. The van der Waals surface area contributed by atoms with Crippen molar-refractivity contribution >= 4 is 23.6 Å². The van der Waals surface area contributed by atoms with Gasteiger partial charge in [-0.15, -0.1) is 0 Å². The van der Waals surface area contributed by atoms with E-state index in [-0.39, 0.29) is 42.9 Å². The highest BCUT2D eigenvalue weighted by molar-refractivity contribution is 5.94. The molecule has 3 heterocycles. The number of hydrogen-bond acceptors (Lipinski definition) is 10. The van der Waals surface area contributed by atoms with Gasteiger partial charge < -0.3 is 50.1 Å². The van der Waals surface area contributed by atoms with Gasteiger partial charge in [0, 0.05) is 32.1 Å². The fourth-order valence-corrected chi connectivity index (χ4v) is 8.95. The molecular formula is C42H69N5O9. The number of carbonyl (C=O) groups is 4. The van der Waals surface area contributed by atoms with E-state index in [9.17, 15) is 34.5 Å². The van der Waals surface area contributed by atoms with Crippen LogP contribution in [0.3, 0.4) is 0 Å². The first kappa shape index (κ1) is 45.6. The molecule has 3 aliphatic rings. The molecule has 316 valence electrons. The molecule has 0 saturated carbocycles. The number of fused-ring (bicyclic) bond motifs is 1. The van der Waals surface area contributed by atoms with Crippen molar-refractivity contribution in [2.24, 2.45) is 23.7 Å². The smallest absolute Gasteiger partial charge is 0.244 e. The third-order valence-electron chi connectivity index (χ3n) is 12.1. The monoisotopic (exact) mass is 788 g/mol. The Balaban J connectivity index is 1.73. The van der Waals surface area contributed by atoms with Crippen molar-refractivity contribution in [3.63, 3.8) is 0 Å². The second kappa shape index (κ2) is 19.5. The molecule has 3 saturated heterocycles. The van der Waals surface area contributed by atoms with Crippen LogP contribution in [0.15, 0.2) is 30.3 Å². The molecule has 0 spiro atoms. The van der Waals surface area contributed by atoms with Gasteiger partial charge in [-0.1, -0.05) is 65.0 Å². The highest BCUT2D eigenvalue weighted by Gasteiger charge is 2.49. The summed E-state index contributed by atoms with van der Waals surface area (Å²) >= 11 is 0. The molecule has 1 aromatic rings. The van der Waals surface area contributed by atoms with Gasteiger partial charge in [0.1, 0.15) is 24.2 Å². The number of aliphatic hydroxyl groups is 3. The van der Waals surface area contributed by atoms with Crippen LogP contribution < -0.4 is 10.6 Å². The van der Waals surface area contributed by atoms with Crippen LogP contribution in [-0.4, -0.2) is 148 Å². The molecule has 0 unspecified atom stereocenters. The maximum Gasteiger partial charge on any atom is 0.244 e. The number of ether oxygens (including phenoxy) is 2. The molecule has 14 nitrogen and oxygen atoms in total. The molecule has 1 aromatic carbocycles. The first-order chi connectivity index (χ1) is 26.2. The van der Waals surface area contributed by atoms with E-state index in [4.69, 9.17) is 9.47 Å². The van der Waals surface area contributed by atoms with Crippen LogP contribution in [0.25, 0.3) is 0 Å². The van der Waals surface area contributed by atoms with Gasteiger partial charge in [0.05, 0.1) is 29.8 Å². The Morgan fingerprint density at radius 1 is 0.982 bits per heavy atom. The summed E-state index contributed by atoms with van der Waals surface area (Å²) < 4.78 is 12.7. The number of aryl methyl sites for hydroxylation is 1. The fourth-order valence-electron chi connectivity index (χ4n) is 8.95. The summed E-state index contributed by atoms with van der Waals surface area (Å²) in [5.74, 6) is -4.20. The van der Waals surface area contributed by atoms with Crippen LogP contribution in [0.2, 0.25) is 0 Å². The van der Waals surface area contributed by atoms with Gasteiger partial charge in [0.2, 0.25) is 23.6 Å². The van der Waals surface area contributed by atoms with Crippen molar-refractivity contribution in [1.82, 2.24) is 25.3 Å². The van der Waals surface area contributed by atoms with E-state index < -0.39 is 77.9 Å². The summed E-state index contributed by atoms with van der Waals surface area (Å²) in [5, 5.41) is 41.5. The van der Waals surface area contributed by atoms with Crippen LogP contribution in [0.4, 0.5) is 0 Å². The lowest BCUT2D eigenvalue weighted by atomic mass is 9.77. The zero-order chi connectivity index (χ0) is 41.6. The largest absolute Gasteiger partial charge is 0.392 e. The third kappa shape index (κ3) is 11.1. The zero-order valence-electron chi connectivity index (χ0n) is 35.2. The van der Waals surface area contributed by atoms with E-state index in [0.29, 0.717) is 38.6 Å². The summed E-state index contributed by atoms with van der Waals surface area (Å²) in [4.78, 5) is 61.2. The normalized spacial score (nSPS) is 37.5. The number of rotatable bonds is 7. The summed E-state index contributed by atoms with van der Waals surface area (Å²) in [6.07, 6.45) is -2.48. The second-order valence-electron chi connectivity index (χ2n) is 17.7. The standard InChI is InChI=1S/C42H69N5O9/c1-24(2)33-38(51)43-30(19-18-29-15-12-11-13-16-29)40(53)46(10)23-25(3)22-42(7,54)36(56-41-35(49)32(45(8)9)21-26(4)55-41)27(5)34(48)28(6)39(52)47-20-14-17-31(47)37(50)44-33/h11-13,15-16,24-28,30-36,41,48-49,54H,14,17-23H2,1-10H3,(H,43,51)(H,44,50)/t25-,26-,27+,28-,30-,31-,32+,33+,34+,35-,36-,41+,42-/m1/s1. The van der Waals surface area contributed by atoms with Crippen molar-refractivity contribution < 1.29 is 44.0 Å². The van der Waals surface area contributed by atoms with Crippen molar-refractivity contribution in [2.75, 3.05) is 34.2 Å². The summed E-state index contributed by atoms with van der Waals surface area (Å²) in [6.45, 7) is 12.8. The van der Waals surface area contributed by atoms with Crippen molar-refractivity contribution in [1.29, 1.82) is 0 Å². The van der Waals surface area contributed by atoms with Gasteiger partial charge in [0.15, 0.2) is 6.29 Å². The SMILES string of the molecule is CC(C)[C@@H]1NC(=O)[C@H]2CCCN2C(=O)[C@H](C)[C@@H](O)[C@H](C)[C@@H](O[C@@H]2O[C@H](C)C[C@H](N(C)C)[C@H]2O)[C@](C)(O)C[C@@H](C)CN(C)C(=O)[C@@H](CCc2ccccc2)NC1=O. The number of likely N-dealkylation sites (N-methyl/N-ethyl adjacent to an activating group) is 2. The van der Waals surface area contributed by atoms with Gasteiger partial charge in [-0.2, -0.15) is 0 Å². The van der Waals surface area contributed by atoms with E-state index in [0.717, 1.165) is 5.56 Å². The average molecular weight is 788 g/mol. The molecule has 4 amide bonds. The molecule has 13 atom stereocenters. The van der Waals surface area contributed by atoms with Crippen LogP contribution in [0, 0.1) is 23.7 Å². The minimum Gasteiger partial charge on any atom is -0.392 e. The second-order valence-corrected chi connectivity index (χ2v) is 17.7. The van der Waals surface area contributed by atoms with Crippen LogP contribution in [-0.2, 0) is 35.1 Å². The topological polar surface area (TPSA) is 181 Å². The van der Waals surface area contributed by atoms with Gasteiger partial charge in [-0.05, 0) is 83.9 Å². The molecule has 14 heteroatoms. The van der Waals surface area contributed by atoms with E-state index >= 15 is 0 Å². The number of amides is 4. The van der Waals surface area contributed by atoms with Gasteiger partial charge in [0.25, 0.3) is 0 Å². The Morgan fingerprint density at radius 2 is 1.64 bits per heavy atom. The van der Waals surface area contributed by atoms with Crippen LogP contribution in [0.1, 0.15) is 86.1 Å². The average Bonchev–Trinajstić information content (AvgIpc) is 3.63. The van der Waals surface area contributed by atoms with Crippen molar-refractivity contribution in [3.05, 3.63) is 35.9 Å². The molecule has 0 aliphatic carbocycles. The van der Waals surface area contributed by atoms with Gasteiger partial charge in [-0.25, -0.2) is 0 Å². The van der Waals surface area contributed by atoms with E-state index in [1.165, 1.54) is 4.90 Å². The van der Waals surface area contributed by atoms with Crippen LogP contribution >= 0.6 is 0 Å². The molecule has 56 heavy (non-hydrogen) atoms. The lowest BCUT2D eigenvalue weighted by Crippen LogP contribution is -2.59. The zero-order valence-corrected chi connectivity index (χ0v) is 35.2. The predicted octanol–water partition coefficient (Wildman–Crippen LogP) is 1.93. The summed E-state index contributed by atoms with van der Waals surface area (Å²) in [6, 6.07) is 6.65. The summed E-state index contributed by atoms with van der Waals surface area (Å²) in [7, 11) is 5.39. The first-order valence-electron chi connectivity index (χ1n) is 20.5. The molecular weight excluding hydrogens is 718 g/mol. The number of aliphatic hydroxyl groups excluding tert-OH is 2. The Hall–Kier alpha value is -3.14. The maximum absolute atomic E-state index is 14.2. The quantitative estimate of drug-likeness (QED) is 0.274. The van der Waals surface area contributed by atoms with E-state index in [1.807, 2.05) is 77.0 Å². The van der Waals surface area contributed by atoms with Crippen molar-refractivity contribution in [2.45, 2.75) is 147 Å². The van der Waals surface area contributed by atoms with E-state index in [1.54, 1.807) is 32.7 Å². The Bertz CT molecular complexity index is 1480. The molecule has 0 bridgehead atoms. The summed E-state index contributed by atoms with van der Waals surface area (Å²) in [5.41, 5.74) is -0.638. The van der Waals surface area contributed by atoms with Gasteiger partial charge in [-0.3, -0.25) is 19.2 Å². The van der Waals surface area contributed by atoms with E-state index in [2.05, 4.69) is 10.6 Å². The number of carbonyl (C=O) groups excluding carboxylic acids is 4. The lowest BCUT2D eigenvalue weighted by Gasteiger charge is -2.46. The van der Waals surface area contributed by atoms with Crippen molar-refractivity contribution in [3.8, 4) is 0 Å². The number of benzene rings is 1. The minimum atomic E-state index is -1.64. The highest BCUT2D eigenvalue weighted by atomic mass is 16.7.